The predicted octanol–water partition coefficient (Wildman–Crippen LogP) is 4.32. The molecule has 1 aromatic carbocycles. The smallest absolute Gasteiger partial charge is 0.127 e. The van der Waals surface area contributed by atoms with E-state index in [2.05, 4.69) is 19.9 Å². The molecule has 2 heteroatoms. The zero-order chi connectivity index (χ0) is 13.8. The van der Waals surface area contributed by atoms with E-state index in [0.717, 1.165) is 35.6 Å². The summed E-state index contributed by atoms with van der Waals surface area (Å²) in [7, 11) is 1.69. The van der Waals surface area contributed by atoms with Crippen molar-refractivity contribution >= 4 is 0 Å². The van der Waals surface area contributed by atoms with Gasteiger partial charge >= 0.3 is 0 Å². The van der Waals surface area contributed by atoms with Crippen LogP contribution >= 0.6 is 0 Å². The molecule has 2 nitrogen and oxygen atoms in total. The fraction of sp³-hybridized carbons (Fsp3) is 0.647. The van der Waals surface area contributed by atoms with E-state index in [1.54, 1.807) is 7.11 Å². The van der Waals surface area contributed by atoms with Crippen molar-refractivity contribution in [3.05, 3.63) is 28.8 Å². The van der Waals surface area contributed by atoms with Crippen molar-refractivity contribution in [1.82, 2.24) is 0 Å². The lowest BCUT2D eigenvalue weighted by molar-refractivity contribution is 0.153. The number of ether oxygens (including phenoxy) is 1. The first kappa shape index (κ1) is 14.4. The highest BCUT2D eigenvalue weighted by atomic mass is 16.5. The van der Waals surface area contributed by atoms with Crippen LogP contribution in [0.2, 0.25) is 0 Å². The Kier molecular flexibility index (Phi) is 4.87. The zero-order valence-corrected chi connectivity index (χ0v) is 12.4. The Morgan fingerprint density at radius 1 is 1.26 bits per heavy atom. The summed E-state index contributed by atoms with van der Waals surface area (Å²) in [6.45, 7) is 4.13. The fourth-order valence-corrected chi connectivity index (χ4v) is 3.19. The summed E-state index contributed by atoms with van der Waals surface area (Å²) < 4.78 is 5.49. The van der Waals surface area contributed by atoms with E-state index >= 15 is 0 Å². The van der Waals surface area contributed by atoms with E-state index in [0.29, 0.717) is 0 Å². The van der Waals surface area contributed by atoms with Gasteiger partial charge in [-0.15, -0.1) is 0 Å². The van der Waals surface area contributed by atoms with E-state index < -0.39 is 6.10 Å². The molecule has 1 aliphatic rings. The van der Waals surface area contributed by atoms with Gasteiger partial charge in [-0.1, -0.05) is 37.8 Å². The minimum absolute atomic E-state index is 0.394. The number of hydrogen-bond acceptors (Lipinski definition) is 2. The van der Waals surface area contributed by atoms with Crippen molar-refractivity contribution in [2.45, 2.75) is 58.5 Å². The van der Waals surface area contributed by atoms with Crippen LogP contribution < -0.4 is 4.74 Å². The molecule has 106 valence electrons. The molecule has 0 radical (unpaired) electrons. The first-order chi connectivity index (χ1) is 9.13. The number of aliphatic hydroxyl groups excluding tert-OH is 1. The Balaban J connectivity index is 2.05. The van der Waals surface area contributed by atoms with Crippen LogP contribution in [0, 0.1) is 19.8 Å². The zero-order valence-electron chi connectivity index (χ0n) is 12.4. The second-order valence-corrected chi connectivity index (χ2v) is 5.87. The number of rotatable bonds is 5. The van der Waals surface area contributed by atoms with E-state index in [1.165, 1.54) is 31.2 Å². The number of aryl methyl sites for hydroxylation is 1. The van der Waals surface area contributed by atoms with Gasteiger partial charge in [-0.25, -0.2) is 0 Å². The number of aliphatic hydroxyl groups is 1. The molecule has 1 saturated carbocycles. The van der Waals surface area contributed by atoms with E-state index in [9.17, 15) is 5.11 Å². The second-order valence-electron chi connectivity index (χ2n) is 5.87. The summed E-state index contributed by atoms with van der Waals surface area (Å²) >= 11 is 0. The van der Waals surface area contributed by atoms with Gasteiger partial charge in [0.1, 0.15) is 5.75 Å². The van der Waals surface area contributed by atoms with Crippen LogP contribution in [0.1, 0.15) is 61.3 Å². The van der Waals surface area contributed by atoms with Gasteiger partial charge in [0.15, 0.2) is 0 Å². The molecular weight excluding hydrogens is 236 g/mol. The van der Waals surface area contributed by atoms with Gasteiger partial charge in [-0.05, 0) is 43.7 Å². The molecule has 0 amide bonds. The van der Waals surface area contributed by atoms with Crippen molar-refractivity contribution in [3.8, 4) is 5.75 Å². The third-order valence-electron chi connectivity index (χ3n) is 4.59. The molecule has 1 unspecified atom stereocenters. The topological polar surface area (TPSA) is 29.5 Å². The molecule has 2 rings (SSSR count). The highest BCUT2D eigenvalue weighted by molar-refractivity contribution is 5.46. The van der Waals surface area contributed by atoms with Crippen LogP contribution in [-0.4, -0.2) is 12.2 Å². The van der Waals surface area contributed by atoms with Crippen LogP contribution in [0.3, 0.4) is 0 Å². The summed E-state index contributed by atoms with van der Waals surface area (Å²) in [5.41, 5.74) is 3.30. The van der Waals surface area contributed by atoms with Gasteiger partial charge in [0, 0.05) is 5.56 Å². The molecule has 0 spiro atoms. The van der Waals surface area contributed by atoms with Gasteiger partial charge in [-0.3, -0.25) is 0 Å². The lowest BCUT2D eigenvalue weighted by Crippen LogP contribution is -2.05. The Bertz CT molecular complexity index is 420. The average Bonchev–Trinajstić information content (AvgIpc) is 2.92. The Labute approximate surface area is 116 Å². The standard InChI is InChI=1S/C17H26O2/c1-12-8-10-15(17(19-3)13(12)2)16(18)11-9-14-6-4-5-7-14/h8,10,14,16,18H,4-7,9,11H2,1-3H3. The maximum absolute atomic E-state index is 10.4. The van der Waals surface area contributed by atoms with Gasteiger partial charge in [0.2, 0.25) is 0 Å². The average molecular weight is 262 g/mol. The minimum atomic E-state index is -0.394. The van der Waals surface area contributed by atoms with Crippen LogP contribution in [0.15, 0.2) is 12.1 Å². The molecule has 0 heterocycles. The molecule has 1 N–H and O–H groups in total. The maximum atomic E-state index is 10.4. The van der Waals surface area contributed by atoms with Crippen LogP contribution in [0.5, 0.6) is 5.75 Å². The van der Waals surface area contributed by atoms with E-state index in [4.69, 9.17) is 4.74 Å². The molecule has 1 atom stereocenters. The molecule has 1 aromatic rings. The third kappa shape index (κ3) is 3.30. The second kappa shape index (κ2) is 6.42. The molecule has 1 aliphatic carbocycles. The Morgan fingerprint density at radius 2 is 1.95 bits per heavy atom. The van der Waals surface area contributed by atoms with Crippen molar-refractivity contribution < 1.29 is 9.84 Å². The summed E-state index contributed by atoms with van der Waals surface area (Å²) in [5, 5.41) is 10.4. The normalized spacial score (nSPS) is 17.7. The Morgan fingerprint density at radius 3 is 2.58 bits per heavy atom. The van der Waals surface area contributed by atoms with Gasteiger partial charge < -0.3 is 9.84 Å². The first-order valence-electron chi connectivity index (χ1n) is 7.45. The molecule has 0 aliphatic heterocycles. The summed E-state index contributed by atoms with van der Waals surface area (Å²) in [4.78, 5) is 0. The van der Waals surface area contributed by atoms with Crippen LogP contribution in [-0.2, 0) is 0 Å². The van der Waals surface area contributed by atoms with Crippen molar-refractivity contribution in [1.29, 1.82) is 0 Å². The number of hydrogen-bond donors (Lipinski definition) is 1. The molecule has 0 bridgehead atoms. The maximum Gasteiger partial charge on any atom is 0.127 e. The SMILES string of the molecule is COc1c(C(O)CCC2CCCC2)ccc(C)c1C. The van der Waals surface area contributed by atoms with Crippen LogP contribution in [0.4, 0.5) is 0 Å². The molecule has 1 fully saturated rings. The Hall–Kier alpha value is -1.02. The lowest BCUT2D eigenvalue weighted by atomic mass is 9.94. The summed E-state index contributed by atoms with van der Waals surface area (Å²) in [6.07, 6.45) is 7.02. The lowest BCUT2D eigenvalue weighted by Gasteiger charge is -2.19. The number of benzene rings is 1. The largest absolute Gasteiger partial charge is 0.496 e. The molecule has 0 aromatic heterocycles. The highest BCUT2D eigenvalue weighted by Crippen LogP contribution is 2.35. The monoisotopic (exact) mass is 262 g/mol. The van der Waals surface area contributed by atoms with Crippen molar-refractivity contribution in [3.63, 3.8) is 0 Å². The van der Waals surface area contributed by atoms with Gasteiger partial charge in [0.25, 0.3) is 0 Å². The highest BCUT2D eigenvalue weighted by Gasteiger charge is 2.20. The quantitative estimate of drug-likeness (QED) is 0.856. The third-order valence-corrected chi connectivity index (χ3v) is 4.59. The predicted molar refractivity (Wildman–Crippen MR) is 78.6 cm³/mol. The summed E-state index contributed by atoms with van der Waals surface area (Å²) in [5.74, 6) is 1.69. The molecule has 19 heavy (non-hydrogen) atoms. The van der Waals surface area contributed by atoms with E-state index in [-0.39, 0.29) is 0 Å². The molecule has 0 saturated heterocycles. The van der Waals surface area contributed by atoms with Crippen molar-refractivity contribution in [2.75, 3.05) is 7.11 Å². The number of methoxy groups -OCH3 is 1. The minimum Gasteiger partial charge on any atom is -0.496 e. The molecular formula is C17H26O2. The van der Waals surface area contributed by atoms with Gasteiger partial charge in [-0.2, -0.15) is 0 Å². The van der Waals surface area contributed by atoms with Crippen LogP contribution in [0.25, 0.3) is 0 Å². The van der Waals surface area contributed by atoms with Crippen molar-refractivity contribution in [2.24, 2.45) is 5.92 Å². The first-order valence-corrected chi connectivity index (χ1v) is 7.45. The summed E-state index contributed by atoms with van der Waals surface area (Å²) in [6, 6.07) is 4.09. The van der Waals surface area contributed by atoms with Gasteiger partial charge in [0.05, 0.1) is 13.2 Å². The fourth-order valence-electron chi connectivity index (χ4n) is 3.19. The van der Waals surface area contributed by atoms with E-state index in [1.807, 2.05) is 6.07 Å².